The number of benzene rings is 3. The summed E-state index contributed by atoms with van der Waals surface area (Å²) in [6, 6.07) is 26.3. The second kappa shape index (κ2) is 8.41. The highest BCUT2D eigenvalue weighted by Crippen LogP contribution is 2.71. The molecule has 2 saturated carbocycles. The zero-order valence-electron chi connectivity index (χ0n) is 21.3. The summed E-state index contributed by atoms with van der Waals surface area (Å²) in [5.74, 6) is 5.10. The minimum atomic E-state index is -2.30. The number of methoxy groups -OCH3 is 1. The standard InChI is InChI=1S/C32H36O2Si/c1-32(2,3)35(24-11-7-5-8-12-24,25-13-9-6-10-14-25)20-19-34-27-18-17-26(33-4)30-28-22-15-16-23(21-22)29(28)31(27)30/h5-14,17-20,22-23,28-29H,15-16,21H2,1-4H3/b20-19-. The van der Waals surface area contributed by atoms with Crippen LogP contribution in [0.4, 0.5) is 0 Å². The van der Waals surface area contributed by atoms with Gasteiger partial charge in [0.15, 0.2) is 0 Å². The van der Waals surface area contributed by atoms with Crippen molar-refractivity contribution in [3.63, 3.8) is 0 Å². The minimum Gasteiger partial charge on any atom is -0.496 e. The molecule has 35 heavy (non-hydrogen) atoms. The molecule has 3 aliphatic rings. The minimum absolute atomic E-state index is 0.0657. The van der Waals surface area contributed by atoms with Gasteiger partial charge in [0, 0.05) is 11.1 Å². The Morgan fingerprint density at radius 1 is 0.743 bits per heavy atom. The monoisotopic (exact) mass is 480 g/mol. The smallest absolute Gasteiger partial charge is 0.149 e. The van der Waals surface area contributed by atoms with Crippen molar-refractivity contribution in [3.8, 4) is 11.5 Å². The third kappa shape index (κ3) is 3.35. The summed E-state index contributed by atoms with van der Waals surface area (Å²) >= 11 is 0. The summed E-state index contributed by atoms with van der Waals surface area (Å²) in [5.41, 5.74) is 5.28. The first kappa shape index (κ1) is 22.7. The second-order valence-corrected chi connectivity index (χ2v) is 16.3. The molecule has 0 aliphatic heterocycles. The lowest BCUT2D eigenvalue weighted by molar-refractivity contribution is 0.294. The van der Waals surface area contributed by atoms with Crippen molar-refractivity contribution in [2.24, 2.45) is 11.8 Å². The van der Waals surface area contributed by atoms with E-state index < -0.39 is 8.07 Å². The molecule has 3 aliphatic carbocycles. The Balaban J connectivity index is 1.41. The highest BCUT2D eigenvalue weighted by Gasteiger charge is 2.58. The number of fused-ring (bicyclic) bond motifs is 8. The molecule has 0 saturated heterocycles. The fraction of sp³-hybridized carbons (Fsp3) is 0.375. The lowest BCUT2D eigenvalue weighted by Gasteiger charge is -2.44. The summed E-state index contributed by atoms with van der Waals surface area (Å²) in [5, 5.41) is 2.89. The molecule has 3 heteroatoms. The van der Waals surface area contributed by atoms with Crippen LogP contribution in [0.1, 0.15) is 63.0 Å². The second-order valence-electron chi connectivity index (χ2n) is 11.7. The van der Waals surface area contributed by atoms with E-state index in [9.17, 15) is 0 Å². The number of rotatable bonds is 6. The van der Waals surface area contributed by atoms with Crippen LogP contribution in [-0.4, -0.2) is 15.2 Å². The lowest BCUT2D eigenvalue weighted by atomic mass is 9.61. The van der Waals surface area contributed by atoms with Crippen LogP contribution in [0.5, 0.6) is 11.5 Å². The Kier molecular flexibility index (Phi) is 5.45. The van der Waals surface area contributed by atoms with Crippen LogP contribution in [0.25, 0.3) is 0 Å². The topological polar surface area (TPSA) is 18.5 Å². The number of hydrogen-bond donors (Lipinski definition) is 0. The highest BCUT2D eigenvalue weighted by atomic mass is 28.3. The van der Waals surface area contributed by atoms with Crippen molar-refractivity contribution in [1.82, 2.24) is 0 Å². The quantitative estimate of drug-likeness (QED) is 0.285. The predicted molar refractivity (Wildman–Crippen MR) is 147 cm³/mol. The molecule has 3 aromatic rings. The van der Waals surface area contributed by atoms with Gasteiger partial charge in [-0.25, -0.2) is 0 Å². The van der Waals surface area contributed by atoms with Crippen LogP contribution < -0.4 is 19.8 Å². The maximum atomic E-state index is 6.58. The van der Waals surface area contributed by atoms with Crippen LogP contribution in [0.3, 0.4) is 0 Å². The van der Waals surface area contributed by atoms with Crippen LogP contribution >= 0.6 is 0 Å². The summed E-state index contributed by atoms with van der Waals surface area (Å²) in [6.07, 6.45) is 6.15. The Hall–Kier alpha value is -2.78. The van der Waals surface area contributed by atoms with E-state index in [0.29, 0.717) is 11.8 Å². The summed E-state index contributed by atoms with van der Waals surface area (Å²) < 4.78 is 12.4. The van der Waals surface area contributed by atoms with Crippen LogP contribution in [0.2, 0.25) is 5.04 Å². The normalized spacial score (nSPS) is 24.7. The maximum Gasteiger partial charge on any atom is 0.149 e. The lowest BCUT2D eigenvalue weighted by Crippen LogP contribution is -2.63. The van der Waals surface area contributed by atoms with Gasteiger partial charge < -0.3 is 9.47 Å². The van der Waals surface area contributed by atoms with E-state index in [-0.39, 0.29) is 5.04 Å². The molecule has 0 radical (unpaired) electrons. The largest absolute Gasteiger partial charge is 0.496 e. The van der Waals surface area contributed by atoms with E-state index in [2.05, 4.69) is 99.3 Å². The Morgan fingerprint density at radius 3 is 1.77 bits per heavy atom. The Labute approximate surface area is 211 Å². The molecule has 3 aromatic carbocycles. The zero-order chi connectivity index (χ0) is 24.2. The van der Waals surface area contributed by atoms with Gasteiger partial charge in [-0.15, -0.1) is 0 Å². The van der Waals surface area contributed by atoms with E-state index in [1.807, 2.05) is 6.26 Å². The molecule has 0 N–H and O–H groups in total. The maximum absolute atomic E-state index is 6.58. The molecule has 2 nitrogen and oxygen atoms in total. The molecule has 0 amide bonds. The first-order valence-corrected chi connectivity index (χ1v) is 15.2. The third-order valence-electron chi connectivity index (χ3n) is 9.16. The van der Waals surface area contributed by atoms with Crippen LogP contribution in [0.15, 0.2) is 84.8 Å². The van der Waals surface area contributed by atoms with Gasteiger partial charge in [-0.05, 0) is 70.5 Å². The van der Waals surface area contributed by atoms with Gasteiger partial charge in [0.25, 0.3) is 0 Å². The molecule has 0 aromatic heterocycles. The van der Waals surface area contributed by atoms with Gasteiger partial charge in [0.05, 0.1) is 13.4 Å². The first-order chi connectivity index (χ1) is 17.0. The molecule has 2 fully saturated rings. The van der Waals surface area contributed by atoms with Gasteiger partial charge in [-0.2, -0.15) is 0 Å². The van der Waals surface area contributed by atoms with E-state index in [4.69, 9.17) is 9.47 Å². The summed E-state index contributed by atoms with van der Waals surface area (Å²) in [4.78, 5) is 0. The predicted octanol–water partition coefficient (Wildman–Crippen LogP) is 6.80. The summed E-state index contributed by atoms with van der Waals surface area (Å²) in [6.45, 7) is 7.14. The van der Waals surface area contributed by atoms with Crippen molar-refractivity contribution in [1.29, 1.82) is 0 Å². The number of ether oxygens (including phenoxy) is 2. The molecular formula is C32H36O2Si. The van der Waals surface area contributed by atoms with Crippen LogP contribution in [-0.2, 0) is 0 Å². The highest BCUT2D eigenvalue weighted by molar-refractivity contribution is 7.07. The van der Waals surface area contributed by atoms with Gasteiger partial charge in [0.1, 0.15) is 19.6 Å². The molecule has 4 unspecified atom stereocenters. The van der Waals surface area contributed by atoms with Crippen molar-refractivity contribution in [3.05, 3.63) is 95.9 Å². The SMILES string of the molecule is COc1ccc(O/C=C\[Si](c2ccccc2)(c2ccccc2)C(C)(C)C)c2c1C1C3CCC(C3)C21. The first-order valence-electron chi connectivity index (χ1n) is 13.1. The van der Waals surface area contributed by atoms with E-state index in [1.54, 1.807) is 7.11 Å². The van der Waals surface area contributed by atoms with Crippen molar-refractivity contribution in [2.45, 2.75) is 56.9 Å². The van der Waals surface area contributed by atoms with E-state index in [0.717, 1.165) is 23.3 Å². The third-order valence-corrected chi connectivity index (χ3v) is 14.7. The Bertz CT molecular complexity index is 1200. The van der Waals surface area contributed by atoms with Gasteiger partial charge >= 0.3 is 0 Å². The fourth-order valence-corrected chi connectivity index (χ4v) is 12.3. The zero-order valence-corrected chi connectivity index (χ0v) is 22.3. The van der Waals surface area contributed by atoms with Gasteiger partial charge in [-0.1, -0.05) is 87.1 Å². The summed E-state index contributed by atoms with van der Waals surface area (Å²) in [7, 11) is -0.499. The average molecular weight is 481 g/mol. The Morgan fingerprint density at radius 2 is 1.26 bits per heavy atom. The molecule has 0 heterocycles. The number of hydrogen-bond acceptors (Lipinski definition) is 2. The fourth-order valence-electron chi connectivity index (χ4n) is 7.68. The van der Waals surface area contributed by atoms with Crippen molar-refractivity contribution >= 4 is 18.4 Å². The van der Waals surface area contributed by atoms with E-state index in [1.165, 1.54) is 40.8 Å². The van der Waals surface area contributed by atoms with Gasteiger partial charge in [-0.3, -0.25) is 0 Å². The molecule has 2 bridgehead atoms. The average Bonchev–Trinajstić information content (AvgIpc) is 3.43. The molecule has 180 valence electrons. The van der Waals surface area contributed by atoms with Crippen molar-refractivity contribution in [2.75, 3.05) is 7.11 Å². The van der Waals surface area contributed by atoms with Crippen molar-refractivity contribution < 1.29 is 9.47 Å². The molecule has 4 atom stereocenters. The molecule has 6 rings (SSSR count). The van der Waals surface area contributed by atoms with E-state index >= 15 is 0 Å². The molecular weight excluding hydrogens is 444 g/mol. The molecule has 0 spiro atoms. The van der Waals surface area contributed by atoms with Gasteiger partial charge in [0.2, 0.25) is 0 Å². The van der Waals surface area contributed by atoms with Crippen LogP contribution in [0, 0.1) is 11.8 Å².